The standard InChI is InChI=1S/C16H23N2O2/c1-15(2)10-13(11-16(3,4)18(15)20)17-14(19)12-8-6-5-7-9-12/h5-9,13H,10-11H2,1-4H3,(H,17,19). The van der Waals surface area contributed by atoms with Crippen LogP contribution in [0.25, 0.3) is 0 Å². The van der Waals surface area contributed by atoms with Crippen LogP contribution in [0, 0.1) is 0 Å². The highest BCUT2D eigenvalue weighted by Gasteiger charge is 2.46. The predicted molar refractivity (Wildman–Crippen MR) is 77.6 cm³/mol. The number of carbonyl (C=O) groups is 1. The molecule has 1 heterocycles. The number of carbonyl (C=O) groups excluding carboxylic acids is 1. The van der Waals surface area contributed by atoms with Gasteiger partial charge in [-0.3, -0.25) is 4.79 Å². The van der Waals surface area contributed by atoms with E-state index in [0.29, 0.717) is 18.4 Å². The van der Waals surface area contributed by atoms with Crippen molar-refractivity contribution < 1.29 is 10.0 Å². The molecule has 0 aromatic heterocycles. The van der Waals surface area contributed by atoms with Crippen LogP contribution in [0.2, 0.25) is 0 Å². The maximum Gasteiger partial charge on any atom is 0.251 e. The maximum atomic E-state index is 12.3. The van der Waals surface area contributed by atoms with E-state index >= 15 is 0 Å². The number of amides is 1. The molecule has 0 spiro atoms. The zero-order valence-electron chi connectivity index (χ0n) is 12.6. The number of benzene rings is 1. The Bertz CT molecular complexity index is 465. The van der Waals surface area contributed by atoms with Gasteiger partial charge < -0.3 is 5.32 Å². The highest BCUT2D eigenvalue weighted by Crippen LogP contribution is 2.37. The Morgan fingerprint density at radius 1 is 1.10 bits per heavy atom. The molecule has 1 aromatic rings. The molecule has 0 atom stereocenters. The van der Waals surface area contributed by atoms with E-state index in [9.17, 15) is 10.0 Å². The van der Waals surface area contributed by atoms with E-state index in [1.165, 1.54) is 5.06 Å². The van der Waals surface area contributed by atoms with Gasteiger partial charge in [-0.1, -0.05) is 18.2 Å². The number of nitrogens with one attached hydrogen (secondary N) is 1. The van der Waals surface area contributed by atoms with Gasteiger partial charge in [0.15, 0.2) is 0 Å². The Labute approximate surface area is 120 Å². The van der Waals surface area contributed by atoms with Gasteiger partial charge in [-0.05, 0) is 52.7 Å². The van der Waals surface area contributed by atoms with Crippen molar-refractivity contribution in [3.05, 3.63) is 35.9 Å². The first-order valence-corrected chi connectivity index (χ1v) is 7.06. The summed E-state index contributed by atoms with van der Waals surface area (Å²) in [6, 6.07) is 9.21. The van der Waals surface area contributed by atoms with Gasteiger partial charge in [0.1, 0.15) is 0 Å². The molecular weight excluding hydrogens is 252 g/mol. The average molecular weight is 275 g/mol. The van der Waals surface area contributed by atoms with Crippen LogP contribution in [-0.2, 0) is 5.21 Å². The zero-order chi connectivity index (χ0) is 15.0. The van der Waals surface area contributed by atoms with Crippen LogP contribution in [0.3, 0.4) is 0 Å². The molecule has 20 heavy (non-hydrogen) atoms. The highest BCUT2D eigenvalue weighted by atomic mass is 16.5. The molecule has 0 saturated carbocycles. The molecular formula is C16H23N2O2. The molecule has 0 unspecified atom stereocenters. The highest BCUT2D eigenvalue weighted by molar-refractivity contribution is 5.94. The lowest BCUT2D eigenvalue weighted by Gasteiger charge is -2.50. The fraction of sp³-hybridized carbons (Fsp3) is 0.562. The van der Waals surface area contributed by atoms with E-state index in [1.807, 2.05) is 45.9 Å². The second kappa shape index (κ2) is 5.19. The Kier molecular flexibility index (Phi) is 3.89. The molecule has 1 aliphatic heterocycles. The van der Waals surface area contributed by atoms with Crippen LogP contribution >= 0.6 is 0 Å². The van der Waals surface area contributed by atoms with E-state index in [4.69, 9.17) is 0 Å². The summed E-state index contributed by atoms with van der Waals surface area (Å²) >= 11 is 0. The number of nitrogens with zero attached hydrogens (tertiary/aromatic N) is 1. The monoisotopic (exact) mass is 275 g/mol. The van der Waals surface area contributed by atoms with E-state index in [0.717, 1.165) is 0 Å². The minimum Gasteiger partial charge on any atom is -0.349 e. The van der Waals surface area contributed by atoms with Crippen molar-refractivity contribution in [1.29, 1.82) is 0 Å². The number of rotatable bonds is 2. The van der Waals surface area contributed by atoms with Gasteiger partial charge in [-0.15, -0.1) is 10.3 Å². The summed E-state index contributed by atoms with van der Waals surface area (Å²) in [7, 11) is 0. The van der Waals surface area contributed by atoms with Crippen molar-refractivity contribution >= 4 is 5.91 Å². The van der Waals surface area contributed by atoms with Crippen molar-refractivity contribution in [2.45, 2.75) is 57.7 Å². The van der Waals surface area contributed by atoms with Crippen molar-refractivity contribution in [3.63, 3.8) is 0 Å². The summed E-state index contributed by atoms with van der Waals surface area (Å²) in [4.78, 5) is 12.2. The van der Waals surface area contributed by atoms with Gasteiger partial charge in [0.25, 0.3) is 5.91 Å². The minimum atomic E-state index is -0.462. The second-order valence-corrected chi connectivity index (χ2v) is 6.86. The second-order valence-electron chi connectivity index (χ2n) is 6.86. The zero-order valence-corrected chi connectivity index (χ0v) is 12.6. The topological polar surface area (TPSA) is 52.2 Å². The minimum absolute atomic E-state index is 0.0258. The Morgan fingerprint density at radius 2 is 1.60 bits per heavy atom. The molecule has 4 heteroatoms. The number of hydrogen-bond donors (Lipinski definition) is 1. The summed E-state index contributed by atoms with van der Waals surface area (Å²) in [5.74, 6) is -0.0680. The summed E-state index contributed by atoms with van der Waals surface area (Å²) in [6.07, 6.45) is 1.33. The van der Waals surface area contributed by atoms with Crippen molar-refractivity contribution in [1.82, 2.24) is 10.4 Å². The Balaban J connectivity index is 2.09. The Hall–Kier alpha value is -1.39. The van der Waals surface area contributed by atoms with Gasteiger partial charge in [-0.2, -0.15) is 0 Å². The number of piperidine rings is 1. The molecule has 1 amide bonds. The first kappa shape index (κ1) is 15.0. The molecule has 1 radical (unpaired) electrons. The molecule has 109 valence electrons. The molecule has 4 nitrogen and oxygen atoms in total. The lowest BCUT2D eigenvalue weighted by atomic mass is 9.79. The molecule has 1 saturated heterocycles. The van der Waals surface area contributed by atoms with Crippen LogP contribution in [0.15, 0.2) is 30.3 Å². The molecule has 2 rings (SSSR count). The van der Waals surface area contributed by atoms with Gasteiger partial charge in [0.05, 0.1) is 0 Å². The van der Waals surface area contributed by atoms with E-state index in [2.05, 4.69) is 5.32 Å². The van der Waals surface area contributed by atoms with Gasteiger partial charge in [0.2, 0.25) is 0 Å². The quantitative estimate of drug-likeness (QED) is 0.902. The van der Waals surface area contributed by atoms with Gasteiger partial charge >= 0.3 is 0 Å². The Morgan fingerprint density at radius 3 is 2.10 bits per heavy atom. The fourth-order valence-electron chi connectivity index (χ4n) is 3.22. The average Bonchev–Trinajstić information content (AvgIpc) is 2.36. The molecule has 1 fully saturated rings. The van der Waals surface area contributed by atoms with Gasteiger partial charge in [-0.25, -0.2) is 0 Å². The fourth-order valence-corrected chi connectivity index (χ4v) is 3.22. The summed E-state index contributed by atoms with van der Waals surface area (Å²) in [6.45, 7) is 7.73. The molecule has 0 bridgehead atoms. The van der Waals surface area contributed by atoms with Crippen LogP contribution in [-0.4, -0.2) is 28.1 Å². The van der Waals surface area contributed by atoms with Crippen molar-refractivity contribution in [2.24, 2.45) is 0 Å². The van der Waals surface area contributed by atoms with Crippen LogP contribution < -0.4 is 5.32 Å². The third-order valence-electron chi connectivity index (χ3n) is 3.96. The maximum absolute atomic E-state index is 12.3. The summed E-state index contributed by atoms with van der Waals surface area (Å²) in [5, 5.41) is 16.5. The lowest BCUT2D eigenvalue weighted by Crippen LogP contribution is -2.62. The summed E-state index contributed by atoms with van der Waals surface area (Å²) < 4.78 is 0. The van der Waals surface area contributed by atoms with Crippen LogP contribution in [0.4, 0.5) is 0 Å². The van der Waals surface area contributed by atoms with Crippen LogP contribution in [0.1, 0.15) is 50.9 Å². The molecule has 1 aromatic carbocycles. The van der Waals surface area contributed by atoms with Crippen molar-refractivity contribution in [3.8, 4) is 0 Å². The third kappa shape index (κ3) is 3.02. The molecule has 1 N–H and O–H groups in total. The first-order valence-electron chi connectivity index (χ1n) is 7.06. The molecule has 1 aliphatic rings. The summed E-state index contributed by atoms with van der Waals surface area (Å²) in [5.41, 5.74) is -0.264. The predicted octanol–water partition coefficient (Wildman–Crippen LogP) is 2.78. The number of hydrogen-bond acceptors (Lipinski definition) is 2. The lowest BCUT2D eigenvalue weighted by molar-refractivity contribution is -0.289. The third-order valence-corrected chi connectivity index (χ3v) is 3.96. The number of hydroxylamine groups is 2. The van der Waals surface area contributed by atoms with E-state index in [1.54, 1.807) is 12.1 Å². The SMILES string of the molecule is CC1(C)CC(NC(=O)c2ccccc2)CC(C)(C)N1[O]. The smallest absolute Gasteiger partial charge is 0.251 e. The first-order chi connectivity index (χ1) is 9.22. The van der Waals surface area contributed by atoms with Crippen LogP contribution in [0.5, 0.6) is 0 Å². The normalized spacial score (nSPS) is 22.4. The van der Waals surface area contributed by atoms with Gasteiger partial charge in [0, 0.05) is 22.7 Å². The van der Waals surface area contributed by atoms with Crippen molar-refractivity contribution in [2.75, 3.05) is 0 Å². The van der Waals surface area contributed by atoms with E-state index < -0.39 is 11.1 Å². The molecule has 0 aliphatic carbocycles. The largest absolute Gasteiger partial charge is 0.349 e. The van der Waals surface area contributed by atoms with E-state index in [-0.39, 0.29) is 11.9 Å².